The fourth-order valence-corrected chi connectivity index (χ4v) is 2.61. The van der Waals surface area contributed by atoms with Crippen LogP contribution in [0.15, 0.2) is 22.7 Å². The number of carbonyl (C=O) groups excluding carboxylic acids is 2. The summed E-state index contributed by atoms with van der Waals surface area (Å²) in [6, 6.07) is 4.39. The summed E-state index contributed by atoms with van der Waals surface area (Å²) >= 11 is 3.19. The van der Waals surface area contributed by atoms with Crippen LogP contribution in [0.3, 0.4) is 0 Å². The predicted octanol–water partition coefficient (Wildman–Crippen LogP) is 1.83. The van der Waals surface area contributed by atoms with Crippen LogP contribution < -0.4 is 5.32 Å². The normalized spacial score (nSPS) is 20.5. The Morgan fingerprint density at radius 3 is 2.89 bits per heavy atom. The van der Waals surface area contributed by atoms with Crippen LogP contribution in [-0.4, -0.2) is 29.3 Å². The van der Waals surface area contributed by atoms with Gasteiger partial charge in [0.1, 0.15) is 5.82 Å². The van der Waals surface area contributed by atoms with Crippen molar-refractivity contribution in [2.45, 2.75) is 25.9 Å². The van der Waals surface area contributed by atoms with Crippen LogP contribution in [0.4, 0.5) is 4.39 Å². The molecule has 1 saturated heterocycles. The Labute approximate surface area is 119 Å². The van der Waals surface area contributed by atoms with Crippen molar-refractivity contribution >= 4 is 27.7 Å². The zero-order valence-corrected chi connectivity index (χ0v) is 12.0. The van der Waals surface area contributed by atoms with Gasteiger partial charge >= 0.3 is 0 Å². The molecule has 6 heteroatoms. The Hall–Kier alpha value is -1.27. The van der Waals surface area contributed by atoms with E-state index in [9.17, 15) is 14.0 Å². The summed E-state index contributed by atoms with van der Waals surface area (Å²) in [6.07, 6.45) is 0.603. The molecule has 1 aliphatic heterocycles. The number of nitrogens with one attached hydrogen (secondary N) is 1. The molecule has 0 saturated carbocycles. The highest BCUT2D eigenvalue weighted by Gasteiger charge is 2.32. The number of amides is 2. The van der Waals surface area contributed by atoms with Gasteiger partial charge in [-0.25, -0.2) is 4.39 Å². The summed E-state index contributed by atoms with van der Waals surface area (Å²) in [5.41, 5.74) is 0.723. The molecular weight excluding hydrogens is 315 g/mol. The maximum absolute atomic E-state index is 13.5. The SMILES string of the molecule is CCC1C(=O)NC(=O)CN1Cc1cccc(F)c1Br. The number of hydrogen-bond acceptors (Lipinski definition) is 3. The summed E-state index contributed by atoms with van der Waals surface area (Å²) < 4.78 is 13.8. The van der Waals surface area contributed by atoms with Gasteiger partial charge < -0.3 is 0 Å². The van der Waals surface area contributed by atoms with Crippen LogP contribution in [0.25, 0.3) is 0 Å². The van der Waals surface area contributed by atoms with Gasteiger partial charge in [-0.05, 0) is 34.0 Å². The van der Waals surface area contributed by atoms with Gasteiger partial charge in [-0.1, -0.05) is 19.1 Å². The van der Waals surface area contributed by atoms with Crippen molar-refractivity contribution in [1.29, 1.82) is 0 Å². The fraction of sp³-hybridized carbons (Fsp3) is 0.385. The number of carbonyl (C=O) groups is 2. The number of nitrogens with zero attached hydrogens (tertiary/aromatic N) is 1. The molecule has 2 amide bonds. The van der Waals surface area contributed by atoms with E-state index in [1.54, 1.807) is 17.0 Å². The average molecular weight is 329 g/mol. The molecule has 1 fully saturated rings. The molecule has 1 aromatic rings. The Kier molecular flexibility index (Phi) is 4.31. The molecule has 102 valence electrons. The molecule has 0 aliphatic carbocycles. The minimum Gasteiger partial charge on any atom is -0.294 e. The number of benzene rings is 1. The molecule has 19 heavy (non-hydrogen) atoms. The lowest BCUT2D eigenvalue weighted by molar-refractivity contribution is -0.140. The molecule has 1 N–H and O–H groups in total. The molecule has 1 aromatic carbocycles. The molecule has 0 radical (unpaired) electrons. The van der Waals surface area contributed by atoms with Crippen LogP contribution >= 0.6 is 15.9 Å². The van der Waals surface area contributed by atoms with Crippen LogP contribution in [0.5, 0.6) is 0 Å². The molecule has 2 rings (SSSR count). The number of hydrogen-bond donors (Lipinski definition) is 1. The quantitative estimate of drug-likeness (QED) is 0.861. The van der Waals surface area contributed by atoms with Gasteiger partial charge in [-0.3, -0.25) is 19.8 Å². The van der Waals surface area contributed by atoms with Crippen LogP contribution in [0.2, 0.25) is 0 Å². The Morgan fingerprint density at radius 1 is 1.47 bits per heavy atom. The first kappa shape index (κ1) is 14.1. The van der Waals surface area contributed by atoms with E-state index in [1.807, 2.05) is 6.92 Å². The maximum atomic E-state index is 13.5. The first-order valence-corrected chi connectivity index (χ1v) is 6.83. The highest BCUT2D eigenvalue weighted by atomic mass is 79.9. The summed E-state index contributed by atoms with van der Waals surface area (Å²) in [6.45, 7) is 2.39. The first-order valence-electron chi connectivity index (χ1n) is 6.03. The van der Waals surface area contributed by atoms with Crippen molar-refractivity contribution < 1.29 is 14.0 Å². The highest BCUT2D eigenvalue weighted by molar-refractivity contribution is 9.10. The molecule has 4 nitrogen and oxygen atoms in total. The van der Waals surface area contributed by atoms with E-state index in [2.05, 4.69) is 21.2 Å². The van der Waals surface area contributed by atoms with Gasteiger partial charge in [0.05, 0.1) is 17.1 Å². The van der Waals surface area contributed by atoms with Gasteiger partial charge in [0, 0.05) is 6.54 Å². The van der Waals surface area contributed by atoms with Gasteiger partial charge in [0.2, 0.25) is 11.8 Å². The van der Waals surface area contributed by atoms with Crippen molar-refractivity contribution in [2.75, 3.05) is 6.54 Å². The van der Waals surface area contributed by atoms with Crippen LogP contribution in [0.1, 0.15) is 18.9 Å². The lowest BCUT2D eigenvalue weighted by Gasteiger charge is -2.33. The lowest BCUT2D eigenvalue weighted by atomic mass is 10.1. The van der Waals surface area contributed by atoms with Gasteiger partial charge in [0.15, 0.2) is 0 Å². The summed E-state index contributed by atoms with van der Waals surface area (Å²) in [5.74, 6) is -0.952. The molecule has 0 aromatic heterocycles. The largest absolute Gasteiger partial charge is 0.294 e. The van der Waals surface area contributed by atoms with Gasteiger partial charge in [-0.2, -0.15) is 0 Å². The molecule has 1 atom stereocenters. The van der Waals surface area contributed by atoms with E-state index in [0.29, 0.717) is 17.4 Å². The molecule has 0 bridgehead atoms. The second kappa shape index (κ2) is 5.79. The molecule has 1 unspecified atom stereocenters. The predicted molar refractivity (Wildman–Crippen MR) is 71.7 cm³/mol. The number of halogens is 2. The standard InChI is InChI=1S/C13H14BrFN2O2/c1-2-10-13(19)16-11(18)7-17(10)6-8-4-3-5-9(15)12(8)14/h3-5,10H,2,6-7H2,1H3,(H,16,18,19). The van der Waals surface area contributed by atoms with Crippen molar-refractivity contribution in [3.05, 3.63) is 34.1 Å². The first-order chi connectivity index (χ1) is 9.02. The second-order valence-corrected chi connectivity index (χ2v) is 5.25. The third kappa shape index (κ3) is 3.01. The van der Waals surface area contributed by atoms with E-state index in [4.69, 9.17) is 0 Å². The topological polar surface area (TPSA) is 49.4 Å². The minimum absolute atomic E-state index is 0.146. The Morgan fingerprint density at radius 2 is 2.21 bits per heavy atom. The highest BCUT2D eigenvalue weighted by Crippen LogP contribution is 2.23. The summed E-state index contributed by atoms with van der Waals surface area (Å²) in [7, 11) is 0. The summed E-state index contributed by atoms with van der Waals surface area (Å²) in [4.78, 5) is 24.9. The Balaban J connectivity index is 2.22. The molecule has 1 aliphatic rings. The zero-order valence-electron chi connectivity index (χ0n) is 10.5. The van der Waals surface area contributed by atoms with E-state index < -0.39 is 0 Å². The van der Waals surface area contributed by atoms with Gasteiger partial charge in [0.25, 0.3) is 0 Å². The van der Waals surface area contributed by atoms with E-state index in [0.717, 1.165) is 5.56 Å². The van der Waals surface area contributed by atoms with Crippen molar-refractivity contribution in [2.24, 2.45) is 0 Å². The van der Waals surface area contributed by atoms with Gasteiger partial charge in [-0.15, -0.1) is 0 Å². The smallest absolute Gasteiger partial charge is 0.243 e. The maximum Gasteiger partial charge on any atom is 0.243 e. The minimum atomic E-state index is -0.354. The summed E-state index contributed by atoms with van der Waals surface area (Å²) in [5, 5.41) is 2.32. The number of imide groups is 1. The molecule has 0 spiro atoms. The van der Waals surface area contributed by atoms with Crippen molar-refractivity contribution in [3.63, 3.8) is 0 Å². The third-order valence-electron chi connectivity index (χ3n) is 3.14. The van der Waals surface area contributed by atoms with Crippen LogP contribution in [0, 0.1) is 5.82 Å². The van der Waals surface area contributed by atoms with E-state index >= 15 is 0 Å². The van der Waals surface area contributed by atoms with E-state index in [1.165, 1.54) is 6.07 Å². The third-order valence-corrected chi connectivity index (χ3v) is 4.03. The second-order valence-electron chi connectivity index (χ2n) is 4.45. The zero-order chi connectivity index (χ0) is 14.0. The van der Waals surface area contributed by atoms with Crippen LogP contribution in [-0.2, 0) is 16.1 Å². The van der Waals surface area contributed by atoms with E-state index in [-0.39, 0.29) is 30.2 Å². The number of piperazine rings is 1. The average Bonchev–Trinajstić information content (AvgIpc) is 2.34. The molecule has 1 heterocycles. The monoisotopic (exact) mass is 328 g/mol. The lowest BCUT2D eigenvalue weighted by Crippen LogP contribution is -2.57. The molecular formula is C13H14BrFN2O2. The number of rotatable bonds is 3. The fourth-order valence-electron chi connectivity index (χ4n) is 2.22. The van der Waals surface area contributed by atoms with Crippen molar-refractivity contribution in [3.8, 4) is 0 Å². The Bertz CT molecular complexity index is 521. The van der Waals surface area contributed by atoms with Crippen molar-refractivity contribution in [1.82, 2.24) is 10.2 Å².